The molecule has 3 nitrogen and oxygen atoms in total. The van der Waals surface area contributed by atoms with Gasteiger partial charge in [-0.25, -0.2) is 0 Å². The number of hydrogen-bond acceptors (Lipinski definition) is 4. The molecule has 1 aliphatic heterocycles. The summed E-state index contributed by atoms with van der Waals surface area (Å²) in [7, 11) is 1.80. The summed E-state index contributed by atoms with van der Waals surface area (Å²) in [6, 6.07) is 1.73. The Kier molecular flexibility index (Phi) is 2.17. The fourth-order valence-corrected chi connectivity index (χ4v) is 2.74. The van der Waals surface area contributed by atoms with Crippen molar-refractivity contribution < 1.29 is 9.21 Å². The van der Waals surface area contributed by atoms with Crippen LogP contribution < -0.4 is 5.32 Å². The lowest BCUT2D eigenvalue weighted by atomic mass is 10.1. The SMILES string of the molecule is CNC1C(=O)c2occc2SC1C. The lowest BCUT2D eigenvalue weighted by Gasteiger charge is -2.25. The summed E-state index contributed by atoms with van der Waals surface area (Å²) in [5, 5.41) is 3.27. The molecule has 1 aliphatic rings. The number of likely N-dealkylation sites (N-methyl/N-ethyl adjacent to an activating group) is 1. The molecule has 2 atom stereocenters. The van der Waals surface area contributed by atoms with Gasteiger partial charge in [0.1, 0.15) is 0 Å². The highest BCUT2D eigenvalue weighted by Crippen LogP contribution is 2.35. The van der Waals surface area contributed by atoms with Crippen molar-refractivity contribution in [2.75, 3.05) is 7.05 Å². The summed E-state index contributed by atoms with van der Waals surface area (Å²) in [5.74, 6) is 0.566. The topological polar surface area (TPSA) is 42.2 Å². The van der Waals surface area contributed by atoms with Gasteiger partial charge in [-0.15, -0.1) is 11.8 Å². The van der Waals surface area contributed by atoms with Crippen LogP contribution in [0.4, 0.5) is 0 Å². The van der Waals surface area contributed by atoms with E-state index >= 15 is 0 Å². The Labute approximate surface area is 80.9 Å². The lowest BCUT2D eigenvalue weighted by Crippen LogP contribution is -2.43. The second-order valence-corrected chi connectivity index (χ2v) is 4.49. The minimum Gasteiger partial charge on any atom is -0.460 e. The van der Waals surface area contributed by atoms with Crippen molar-refractivity contribution >= 4 is 17.5 Å². The van der Waals surface area contributed by atoms with E-state index in [0.717, 1.165) is 4.90 Å². The van der Waals surface area contributed by atoms with Crippen molar-refractivity contribution in [3.05, 3.63) is 18.1 Å². The number of carbonyl (C=O) groups is 1. The molecule has 1 N–H and O–H groups in total. The normalized spacial score (nSPS) is 27.4. The Bertz CT molecular complexity index is 334. The number of carbonyl (C=O) groups excluding carboxylic acids is 1. The standard InChI is InChI=1S/C9H11NO2S/c1-5-7(10-2)8(11)9-6(13-5)3-4-12-9/h3-5,7,10H,1-2H3. The number of furan rings is 1. The van der Waals surface area contributed by atoms with Crippen LogP contribution in [0.2, 0.25) is 0 Å². The molecule has 4 heteroatoms. The predicted molar refractivity (Wildman–Crippen MR) is 51.2 cm³/mol. The summed E-state index contributed by atoms with van der Waals surface area (Å²) >= 11 is 1.68. The van der Waals surface area contributed by atoms with E-state index < -0.39 is 0 Å². The minimum absolute atomic E-state index is 0.0637. The average molecular weight is 197 g/mol. The molecular weight excluding hydrogens is 186 g/mol. The largest absolute Gasteiger partial charge is 0.460 e. The molecule has 0 aliphatic carbocycles. The summed E-state index contributed by atoms with van der Waals surface area (Å²) < 4.78 is 5.14. The van der Waals surface area contributed by atoms with Crippen LogP contribution in [0.15, 0.2) is 21.6 Å². The van der Waals surface area contributed by atoms with Crippen LogP contribution in [0.5, 0.6) is 0 Å². The third-order valence-corrected chi connectivity index (χ3v) is 3.45. The second-order valence-electron chi connectivity index (χ2n) is 3.07. The molecule has 2 rings (SSSR count). The molecule has 0 saturated carbocycles. The van der Waals surface area contributed by atoms with E-state index in [4.69, 9.17) is 4.42 Å². The molecule has 0 aromatic carbocycles. The zero-order valence-electron chi connectivity index (χ0n) is 7.53. The Hall–Kier alpha value is -0.740. The molecule has 2 unspecified atom stereocenters. The maximum Gasteiger partial charge on any atom is 0.217 e. The van der Waals surface area contributed by atoms with Gasteiger partial charge in [-0.05, 0) is 13.1 Å². The summed E-state index contributed by atoms with van der Waals surface area (Å²) in [4.78, 5) is 12.7. The van der Waals surface area contributed by atoms with Gasteiger partial charge in [0.2, 0.25) is 5.78 Å². The van der Waals surface area contributed by atoms with Gasteiger partial charge in [-0.3, -0.25) is 4.79 Å². The van der Waals surface area contributed by atoms with Gasteiger partial charge in [0.05, 0.1) is 17.2 Å². The van der Waals surface area contributed by atoms with Gasteiger partial charge >= 0.3 is 0 Å². The van der Waals surface area contributed by atoms with Crippen molar-refractivity contribution in [2.24, 2.45) is 0 Å². The molecule has 1 aromatic heterocycles. The highest BCUT2D eigenvalue weighted by molar-refractivity contribution is 8.00. The van der Waals surface area contributed by atoms with Crippen molar-refractivity contribution in [2.45, 2.75) is 23.1 Å². The molecule has 0 spiro atoms. The molecule has 13 heavy (non-hydrogen) atoms. The van der Waals surface area contributed by atoms with Gasteiger partial charge in [-0.1, -0.05) is 6.92 Å². The maximum absolute atomic E-state index is 11.7. The van der Waals surface area contributed by atoms with Crippen molar-refractivity contribution in [1.82, 2.24) is 5.32 Å². The highest BCUT2D eigenvalue weighted by Gasteiger charge is 2.34. The van der Waals surface area contributed by atoms with E-state index in [9.17, 15) is 4.79 Å². The molecule has 70 valence electrons. The quantitative estimate of drug-likeness (QED) is 0.741. The number of thioether (sulfide) groups is 1. The summed E-state index contributed by atoms with van der Waals surface area (Å²) in [5.41, 5.74) is 0. The molecule has 0 amide bonds. The molecule has 1 aromatic rings. The van der Waals surface area contributed by atoms with E-state index in [1.165, 1.54) is 0 Å². The number of fused-ring (bicyclic) bond motifs is 1. The number of Topliss-reactive ketones (excluding diaryl/α,β-unsaturated/α-hetero) is 1. The number of nitrogens with one attached hydrogen (secondary N) is 1. The van der Waals surface area contributed by atoms with E-state index in [1.54, 1.807) is 25.1 Å². The van der Waals surface area contributed by atoms with Crippen LogP contribution in [0.25, 0.3) is 0 Å². The van der Waals surface area contributed by atoms with Crippen LogP contribution in [0.1, 0.15) is 17.5 Å². The van der Waals surface area contributed by atoms with Crippen molar-refractivity contribution in [3.8, 4) is 0 Å². The predicted octanol–water partition coefficient (Wildman–Crippen LogP) is 1.54. The molecule has 2 heterocycles. The van der Waals surface area contributed by atoms with Gasteiger partial charge < -0.3 is 9.73 Å². The van der Waals surface area contributed by atoms with Gasteiger partial charge in [0, 0.05) is 5.25 Å². The zero-order chi connectivity index (χ0) is 9.42. The van der Waals surface area contributed by atoms with Crippen LogP contribution >= 0.6 is 11.8 Å². The highest BCUT2D eigenvalue weighted by atomic mass is 32.2. The zero-order valence-corrected chi connectivity index (χ0v) is 8.35. The molecule has 0 bridgehead atoms. The third kappa shape index (κ3) is 1.30. The first-order valence-corrected chi connectivity index (χ1v) is 5.07. The number of hydrogen-bond donors (Lipinski definition) is 1. The fourth-order valence-electron chi connectivity index (χ4n) is 1.56. The smallest absolute Gasteiger partial charge is 0.217 e. The first-order chi connectivity index (χ1) is 6.24. The first-order valence-electron chi connectivity index (χ1n) is 4.19. The van der Waals surface area contributed by atoms with Crippen LogP contribution in [-0.4, -0.2) is 24.1 Å². The second kappa shape index (κ2) is 3.20. The monoisotopic (exact) mass is 197 g/mol. The van der Waals surface area contributed by atoms with Crippen molar-refractivity contribution in [3.63, 3.8) is 0 Å². The van der Waals surface area contributed by atoms with E-state index in [0.29, 0.717) is 5.76 Å². The molecule has 0 fully saturated rings. The molecular formula is C9H11NO2S. The first kappa shape index (κ1) is 8.84. The minimum atomic E-state index is -0.122. The van der Waals surface area contributed by atoms with Gasteiger partial charge in [0.15, 0.2) is 5.76 Å². The van der Waals surface area contributed by atoms with E-state index in [1.807, 2.05) is 13.0 Å². The van der Waals surface area contributed by atoms with Gasteiger partial charge in [-0.2, -0.15) is 0 Å². The third-order valence-electron chi connectivity index (χ3n) is 2.23. The Morgan fingerprint density at radius 3 is 3.08 bits per heavy atom. The number of ketones is 1. The Morgan fingerprint density at radius 1 is 1.62 bits per heavy atom. The average Bonchev–Trinajstić information content (AvgIpc) is 2.53. The summed E-state index contributed by atoms with van der Waals surface area (Å²) in [6.45, 7) is 2.04. The van der Waals surface area contributed by atoms with Gasteiger partial charge in [0.25, 0.3) is 0 Å². The Balaban J connectivity index is 2.39. The lowest BCUT2D eigenvalue weighted by molar-refractivity contribution is 0.0912. The van der Waals surface area contributed by atoms with E-state index in [2.05, 4.69) is 5.32 Å². The van der Waals surface area contributed by atoms with Crippen LogP contribution in [0, 0.1) is 0 Å². The maximum atomic E-state index is 11.7. The van der Waals surface area contributed by atoms with Crippen LogP contribution in [-0.2, 0) is 0 Å². The molecule has 0 radical (unpaired) electrons. The van der Waals surface area contributed by atoms with E-state index in [-0.39, 0.29) is 17.1 Å². The van der Waals surface area contributed by atoms with Crippen LogP contribution in [0.3, 0.4) is 0 Å². The van der Waals surface area contributed by atoms with Crippen molar-refractivity contribution in [1.29, 1.82) is 0 Å². The number of rotatable bonds is 1. The molecule has 0 saturated heterocycles. The summed E-state index contributed by atoms with van der Waals surface area (Å²) in [6.07, 6.45) is 1.57. The fraction of sp³-hybridized carbons (Fsp3) is 0.444. The Morgan fingerprint density at radius 2 is 2.38 bits per heavy atom.